The topological polar surface area (TPSA) is 60.5 Å². The molecule has 0 spiro atoms. The molecule has 0 saturated carbocycles. The van der Waals surface area contributed by atoms with E-state index in [4.69, 9.17) is 21.1 Å². The minimum Gasteiger partial charge on any atom is -0.493 e. The largest absolute Gasteiger partial charge is 0.493 e. The van der Waals surface area contributed by atoms with E-state index in [0.717, 1.165) is 0 Å². The van der Waals surface area contributed by atoms with Crippen LogP contribution in [0.3, 0.4) is 0 Å². The Hall–Kier alpha value is -2.01. The van der Waals surface area contributed by atoms with E-state index in [9.17, 15) is 4.79 Å². The average molecular weight is 281 g/mol. The van der Waals surface area contributed by atoms with Crippen LogP contribution in [-0.4, -0.2) is 25.1 Å². The van der Waals surface area contributed by atoms with E-state index >= 15 is 0 Å². The number of nitrogens with zero attached hydrogens (tertiary/aromatic N) is 1. The van der Waals surface area contributed by atoms with Crippen LogP contribution in [0.2, 0.25) is 5.02 Å². The van der Waals surface area contributed by atoms with Gasteiger partial charge in [-0.05, 0) is 6.07 Å². The van der Waals surface area contributed by atoms with Gasteiger partial charge in [-0.2, -0.15) is 0 Å². The van der Waals surface area contributed by atoms with Gasteiger partial charge in [-0.25, -0.2) is 0 Å². The summed E-state index contributed by atoms with van der Waals surface area (Å²) in [5.41, 5.74) is 1.13. The third kappa shape index (κ3) is 2.56. The zero-order chi connectivity index (χ0) is 14.0. The molecule has 0 aliphatic rings. The van der Waals surface area contributed by atoms with Crippen LogP contribution in [0.15, 0.2) is 18.3 Å². The Kier molecular flexibility index (Phi) is 3.76. The normalized spacial score (nSPS) is 10.3. The van der Waals surface area contributed by atoms with Crippen molar-refractivity contribution in [1.82, 2.24) is 4.98 Å². The van der Waals surface area contributed by atoms with E-state index in [1.165, 1.54) is 13.1 Å². The van der Waals surface area contributed by atoms with Crippen molar-refractivity contribution < 1.29 is 14.3 Å². The molecule has 1 N–H and O–H groups in total. The predicted octanol–water partition coefficient (Wildman–Crippen LogP) is 2.86. The second kappa shape index (κ2) is 5.32. The summed E-state index contributed by atoms with van der Waals surface area (Å²) in [4.78, 5) is 15.3. The van der Waals surface area contributed by atoms with Crippen LogP contribution in [0, 0.1) is 0 Å². The van der Waals surface area contributed by atoms with E-state index in [1.54, 1.807) is 26.4 Å². The van der Waals surface area contributed by atoms with Crippen molar-refractivity contribution in [3.05, 3.63) is 23.4 Å². The zero-order valence-electron chi connectivity index (χ0n) is 10.8. The zero-order valence-corrected chi connectivity index (χ0v) is 11.5. The molecule has 1 aromatic heterocycles. The van der Waals surface area contributed by atoms with E-state index in [1.807, 2.05) is 0 Å². The van der Waals surface area contributed by atoms with Crippen molar-refractivity contribution in [3.8, 4) is 11.5 Å². The maximum Gasteiger partial charge on any atom is 0.221 e. The molecule has 2 rings (SSSR count). The molecule has 0 unspecified atom stereocenters. The second-order valence-corrected chi connectivity index (χ2v) is 4.27. The van der Waals surface area contributed by atoms with Crippen LogP contribution in [0.25, 0.3) is 10.9 Å². The molecule has 0 atom stereocenters. The maximum absolute atomic E-state index is 11.1. The number of anilines is 1. The highest BCUT2D eigenvalue weighted by Crippen LogP contribution is 2.37. The molecule has 0 aliphatic carbocycles. The van der Waals surface area contributed by atoms with Gasteiger partial charge in [0.1, 0.15) is 0 Å². The molecular formula is C13H13ClN2O3. The lowest BCUT2D eigenvalue weighted by Crippen LogP contribution is -2.06. The Morgan fingerprint density at radius 3 is 2.47 bits per heavy atom. The number of benzene rings is 1. The number of hydrogen-bond donors (Lipinski definition) is 1. The van der Waals surface area contributed by atoms with E-state index in [-0.39, 0.29) is 5.91 Å². The number of aromatic nitrogens is 1. The predicted molar refractivity (Wildman–Crippen MR) is 74.2 cm³/mol. The number of rotatable bonds is 3. The number of hydrogen-bond acceptors (Lipinski definition) is 4. The summed E-state index contributed by atoms with van der Waals surface area (Å²) in [6.07, 6.45) is 1.51. The van der Waals surface area contributed by atoms with Crippen LogP contribution in [0.4, 0.5) is 5.69 Å². The Morgan fingerprint density at radius 1 is 1.26 bits per heavy atom. The molecule has 1 heterocycles. The van der Waals surface area contributed by atoms with Gasteiger partial charge >= 0.3 is 0 Å². The van der Waals surface area contributed by atoms with Crippen LogP contribution in [0.1, 0.15) is 6.92 Å². The number of halogens is 1. The lowest BCUT2D eigenvalue weighted by molar-refractivity contribution is -0.114. The first-order chi connectivity index (χ1) is 9.06. The SMILES string of the molecule is COc1cc2ncc(NC(C)=O)c(Cl)c2cc1OC. The number of ether oxygens (including phenoxy) is 2. The van der Waals surface area contributed by atoms with E-state index in [2.05, 4.69) is 10.3 Å². The molecule has 0 radical (unpaired) electrons. The maximum atomic E-state index is 11.1. The molecule has 0 bridgehead atoms. The van der Waals surface area contributed by atoms with Crippen LogP contribution >= 0.6 is 11.6 Å². The molecule has 100 valence electrons. The summed E-state index contributed by atoms with van der Waals surface area (Å²) in [6.45, 7) is 1.41. The summed E-state index contributed by atoms with van der Waals surface area (Å²) >= 11 is 6.26. The molecule has 2 aromatic rings. The molecule has 0 saturated heterocycles. The molecule has 6 heteroatoms. The number of nitrogens with one attached hydrogen (secondary N) is 1. The molecule has 0 aliphatic heterocycles. The molecule has 1 amide bonds. The fraction of sp³-hybridized carbons (Fsp3) is 0.231. The highest BCUT2D eigenvalue weighted by Gasteiger charge is 2.12. The summed E-state index contributed by atoms with van der Waals surface area (Å²) in [6, 6.07) is 3.46. The van der Waals surface area contributed by atoms with Crippen LogP contribution in [-0.2, 0) is 4.79 Å². The molecule has 5 nitrogen and oxygen atoms in total. The number of methoxy groups -OCH3 is 2. The average Bonchev–Trinajstić information content (AvgIpc) is 2.40. The smallest absolute Gasteiger partial charge is 0.221 e. The van der Waals surface area contributed by atoms with Gasteiger partial charge in [-0.3, -0.25) is 9.78 Å². The third-order valence-corrected chi connectivity index (χ3v) is 3.03. The van der Waals surface area contributed by atoms with Crippen molar-refractivity contribution in [1.29, 1.82) is 0 Å². The number of pyridine rings is 1. The summed E-state index contributed by atoms with van der Waals surface area (Å²) < 4.78 is 10.4. The third-order valence-electron chi connectivity index (χ3n) is 2.62. The van der Waals surface area contributed by atoms with Crippen molar-refractivity contribution >= 4 is 34.1 Å². The monoisotopic (exact) mass is 280 g/mol. The Balaban J connectivity index is 2.64. The van der Waals surface area contributed by atoms with Gasteiger partial charge in [0.05, 0.1) is 36.6 Å². The number of amides is 1. The fourth-order valence-corrected chi connectivity index (χ4v) is 2.01. The van der Waals surface area contributed by atoms with Crippen LogP contribution in [0.5, 0.6) is 11.5 Å². The highest BCUT2D eigenvalue weighted by atomic mass is 35.5. The standard InChI is InChI=1S/C13H13ClN2O3/c1-7(17)16-10-6-15-9-5-12(19-3)11(18-2)4-8(9)13(10)14/h4-6H,1-3H3,(H,16,17). The fourth-order valence-electron chi connectivity index (χ4n) is 1.76. The molecular weight excluding hydrogens is 268 g/mol. The van der Waals surface area contributed by atoms with Gasteiger partial charge in [-0.15, -0.1) is 0 Å². The molecule has 0 fully saturated rings. The first kappa shape index (κ1) is 13.4. The Bertz CT molecular complexity index is 643. The van der Waals surface area contributed by atoms with Gasteiger partial charge in [0.25, 0.3) is 0 Å². The minimum atomic E-state index is -0.205. The summed E-state index contributed by atoms with van der Waals surface area (Å²) in [5, 5.41) is 3.73. The van der Waals surface area contributed by atoms with Crippen LogP contribution < -0.4 is 14.8 Å². The minimum absolute atomic E-state index is 0.205. The number of carbonyl (C=O) groups is 1. The molecule has 1 aromatic carbocycles. The van der Waals surface area contributed by atoms with E-state index in [0.29, 0.717) is 33.1 Å². The molecule has 19 heavy (non-hydrogen) atoms. The van der Waals surface area contributed by atoms with Gasteiger partial charge < -0.3 is 14.8 Å². The Morgan fingerprint density at radius 2 is 1.89 bits per heavy atom. The number of fused-ring (bicyclic) bond motifs is 1. The highest BCUT2D eigenvalue weighted by molar-refractivity contribution is 6.38. The van der Waals surface area contributed by atoms with Gasteiger partial charge in [0.15, 0.2) is 11.5 Å². The number of carbonyl (C=O) groups excluding carboxylic acids is 1. The quantitative estimate of drug-likeness (QED) is 0.939. The summed E-state index contributed by atoms with van der Waals surface area (Å²) in [7, 11) is 3.10. The summed E-state index contributed by atoms with van der Waals surface area (Å²) in [5.74, 6) is 0.924. The van der Waals surface area contributed by atoms with Crippen molar-refractivity contribution in [2.75, 3.05) is 19.5 Å². The van der Waals surface area contributed by atoms with Gasteiger partial charge in [-0.1, -0.05) is 11.6 Å². The van der Waals surface area contributed by atoms with E-state index < -0.39 is 0 Å². The first-order valence-electron chi connectivity index (χ1n) is 5.54. The van der Waals surface area contributed by atoms with Crippen molar-refractivity contribution in [2.24, 2.45) is 0 Å². The van der Waals surface area contributed by atoms with Gasteiger partial charge in [0, 0.05) is 18.4 Å². The van der Waals surface area contributed by atoms with Gasteiger partial charge in [0.2, 0.25) is 5.91 Å². The lowest BCUT2D eigenvalue weighted by atomic mass is 10.2. The van der Waals surface area contributed by atoms with Crippen molar-refractivity contribution in [3.63, 3.8) is 0 Å². The second-order valence-electron chi connectivity index (χ2n) is 3.89. The van der Waals surface area contributed by atoms with Crippen molar-refractivity contribution in [2.45, 2.75) is 6.92 Å². The first-order valence-corrected chi connectivity index (χ1v) is 5.92. The lowest BCUT2D eigenvalue weighted by Gasteiger charge is -2.11. The Labute approximate surface area is 115 Å².